The molecule has 104 valence electrons. The average Bonchev–Trinajstić information content (AvgIpc) is 2.83. The standard InChI is InChI=1S/C14H13BrN2O3/c1-10-6-7-11(20-10)8-16-17-14(18)9-19-13-5-3-2-4-12(13)15/h2-8H,9H2,1H3,(H,17,18). The van der Waals surface area contributed by atoms with Gasteiger partial charge in [0.05, 0.1) is 10.7 Å². The van der Waals surface area contributed by atoms with Crippen molar-refractivity contribution in [1.29, 1.82) is 0 Å². The zero-order chi connectivity index (χ0) is 14.4. The van der Waals surface area contributed by atoms with E-state index in [0.29, 0.717) is 11.5 Å². The zero-order valence-electron chi connectivity index (χ0n) is 10.8. The molecule has 0 spiro atoms. The molecule has 5 nitrogen and oxygen atoms in total. The fourth-order valence-corrected chi connectivity index (χ4v) is 1.83. The van der Waals surface area contributed by atoms with Crippen molar-refractivity contribution in [2.24, 2.45) is 5.10 Å². The van der Waals surface area contributed by atoms with Crippen LogP contribution in [-0.4, -0.2) is 18.7 Å². The second kappa shape index (κ2) is 6.91. The van der Waals surface area contributed by atoms with Gasteiger partial charge in [0.25, 0.3) is 5.91 Å². The number of benzene rings is 1. The van der Waals surface area contributed by atoms with Gasteiger partial charge in [-0.15, -0.1) is 0 Å². The van der Waals surface area contributed by atoms with Gasteiger partial charge in [0.1, 0.15) is 17.3 Å². The van der Waals surface area contributed by atoms with Crippen molar-refractivity contribution < 1.29 is 13.9 Å². The molecule has 0 fully saturated rings. The molecule has 20 heavy (non-hydrogen) atoms. The minimum Gasteiger partial charge on any atom is -0.483 e. The number of carbonyl (C=O) groups excluding carboxylic acids is 1. The molecule has 0 saturated heterocycles. The summed E-state index contributed by atoms with van der Waals surface area (Å²) in [5.74, 6) is 1.62. The normalized spacial score (nSPS) is 10.7. The number of rotatable bonds is 5. The average molecular weight is 337 g/mol. The second-order valence-corrected chi connectivity index (χ2v) is 4.82. The first kappa shape index (κ1) is 14.3. The number of hydrogen-bond acceptors (Lipinski definition) is 4. The van der Waals surface area contributed by atoms with Gasteiger partial charge >= 0.3 is 0 Å². The van der Waals surface area contributed by atoms with Gasteiger partial charge in [-0.1, -0.05) is 12.1 Å². The molecule has 0 aliphatic rings. The summed E-state index contributed by atoms with van der Waals surface area (Å²) < 4.78 is 11.4. The lowest BCUT2D eigenvalue weighted by Crippen LogP contribution is -2.24. The van der Waals surface area contributed by atoms with Crippen LogP contribution in [0.2, 0.25) is 0 Å². The van der Waals surface area contributed by atoms with Crippen LogP contribution in [0.3, 0.4) is 0 Å². The third-order valence-electron chi connectivity index (χ3n) is 2.34. The summed E-state index contributed by atoms with van der Waals surface area (Å²) in [4.78, 5) is 11.5. The molecule has 2 rings (SSSR count). The molecular formula is C14H13BrN2O3. The van der Waals surface area contributed by atoms with Crippen molar-refractivity contribution in [3.63, 3.8) is 0 Å². The van der Waals surface area contributed by atoms with Crippen molar-refractivity contribution in [2.75, 3.05) is 6.61 Å². The number of amides is 1. The Balaban J connectivity index is 1.78. The van der Waals surface area contributed by atoms with E-state index in [9.17, 15) is 4.79 Å². The number of hydrogen-bond donors (Lipinski definition) is 1. The predicted octanol–water partition coefficient (Wildman–Crippen LogP) is 2.88. The lowest BCUT2D eigenvalue weighted by molar-refractivity contribution is -0.123. The van der Waals surface area contributed by atoms with Crippen molar-refractivity contribution in [2.45, 2.75) is 6.92 Å². The quantitative estimate of drug-likeness (QED) is 0.674. The smallest absolute Gasteiger partial charge is 0.277 e. The van der Waals surface area contributed by atoms with Gasteiger partial charge < -0.3 is 9.15 Å². The number of para-hydroxylation sites is 1. The van der Waals surface area contributed by atoms with Crippen molar-refractivity contribution >= 4 is 28.1 Å². The van der Waals surface area contributed by atoms with E-state index in [2.05, 4.69) is 26.5 Å². The highest BCUT2D eigenvalue weighted by Gasteiger charge is 2.04. The number of furan rings is 1. The van der Waals surface area contributed by atoms with Crippen LogP contribution in [0.5, 0.6) is 5.75 Å². The second-order valence-electron chi connectivity index (χ2n) is 3.96. The molecule has 0 aliphatic heterocycles. The lowest BCUT2D eigenvalue weighted by Gasteiger charge is -2.06. The molecule has 2 aromatic rings. The van der Waals surface area contributed by atoms with E-state index in [0.717, 1.165) is 10.2 Å². The Morgan fingerprint density at radius 3 is 2.90 bits per heavy atom. The van der Waals surface area contributed by atoms with Crippen LogP contribution >= 0.6 is 15.9 Å². The SMILES string of the molecule is Cc1ccc(C=NNC(=O)COc2ccccc2Br)o1. The fraction of sp³-hybridized carbons (Fsp3) is 0.143. The van der Waals surface area contributed by atoms with E-state index < -0.39 is 0 Å². The summed E-state index contributed by atoms with van der Waals surface area (Å²) >= 11 is 3.33. The van der Waals surface area contributed by atoms with Crippen LogP contribution < -0.4 is 10.2 Å². The van der Waals surface area contributed by atoms with Gasteiger partial charge in [0.2, 0.25) is 0 Å². The van der Waals surface area contributed by atoms with Crippen molar-refractivity contribution in [1.82, 2.24) is 5.43 Å². The number of aryl methyl sites for hydroxylation is 1. The van der Waals surface area contributed by atoms with E-state index in [-0.39, 0.29) is 12.5 Å². The third kappa shape index (κ3) is 4.24. The van der Waals surface area contributed by atoms with Gasteiger partial charge in [-0.25, -0.2) is 5.43 Å². The first-order chi connectivity index (χ1) is 9.65. The van der Waals surface area contributed by atoms with E-state index in [1.165, 1.54) is 6.21 Å². The Bertz CT molecular complexity index is 622. The van der Waals surface area contributed by atoms with Gasteiger partial charge in [0, 0.05) is 0 Å². The molecule has 0 unspecified atom stereocenters. The summed E-state index contributed by atoms with van der Waals surface area (Å²) in [6, 6.07) is 10.9. The van der Waals surface area contributed by atoms with Gasteiger partial charge in [-0.3, -0.25) is 4.79 Å². The van der Waals surface area contributed by atoms with Crippen LogP contribution in [0.1, 0.15) is 11.5 Å². The monoisotopic (exact) mass is 336 g/mol. The Hall–Kier alpha value is -2.08. The van der Waals surface area contributed by atoms with Gasteiger partial charge in [0.15, 0.2) is 6.61 Å². The first-order valence-corrected chi connectivity index (χ1v) is 6.70. The van der Waals surface area contributed by atoms with Crippen LogP contribution in [0.15, 0.2) is 50.4 Å². The highest BCUT2D eigenvalue weighted by Crippen LogP contribution is 2.23. The third-order valence-corrected chi connectivity index (χ3v) is 2.99. The summed E-state index contributed by atoms with van der Waals surface area (Å²) in [6.07, 6.45) is 1.43. The zero-order valence-corrected chi connectivity index (χ0v) is 12.4. The Morgan fingerprint density at radius 1 is 1.40 bits per heavy atom. The Morgan fingerprint density at radius 2 is 2.20 bits per heavy atom. The Labute approximate surface area is 124 Å². The molecule has 1 aromatic heterocycles. The lowest BCUT2D eigenvalue weighted by atomic mass is 10.3. The van der Waals surface area contributed by atoms with Gasteiger partial charge in [-0.05, 0) is 47.1 Å². The van der Waals surface area contributed by atoms with Crippen LogP contribution in [-0.2, 0) is 4.79 Å². The number of hydrazone groups is 1. The molecule has 1 heterocycles. The number of nitrogens with zero attached hydrogens (tertiary/aromatic N) is 1. The maximum Gasteiger partial charge on any atom is 0.277 e. The summed E-state index contributed by atoms with van der Waals surface area (Å²) in [5, 5.41) is 3.78. The van der Waals surface area contributed by atoms with E-state index in [4.69, 9.17) is 9.15 Å². The molecule has 6 heteroatoms. The van der Waals surface area contributed by atoms with E-state index >= 15 is 0 Å². The molecule has 0 aliphatic carbocycles. The van der Waals surface area contributed by atoms with Crippen LogP contribution in [0.4, 0.5) is 0 Å². The predicted molar refractivity (Wildman–Crippen MR) is 78.8 cm³/mol. The highest BCUT2D eigenvalue weighted by atomic mass is 79.9. The van der Waals surface area contributed by atoms with E-state index in [1.807, 2.05) is 31.2 Å². The molecule has 0 saturated carbocycles. The van der Waals surface area contributed by atoms with Crippen LogP contribution in [0.25, 0.3) is 0 Å². The number of halogens is 1. The molecule has 0 atom stereocenters. The molecular weight excluding hydrogens is 324 g/mol. The maximum atomic E-state index is 11.5. The van der Waals surface area contributed by atoms with Crippen LogP contribution in [0, 0.1) is 6.92 Å². The minimum atomic E-state index is -0.347. The van der Waals surface area contributed by atoms with Crippen molar-refractivity contribution in [3.05, 3.63) is 52.4 Å². The van der Waals surface area contributed by atoms with Gasteiger partial charge in [-0.2, -0.15) is 5.10 Å². The summed E-state index contributed by atoms with van der Waals surface area (Å²) in [6.45, 7) is 1.72. The largest absolute Gasteiger partial charge is 0.483 e. The topological polar surface area (TPSA) is 63.8 Å². The minimum absolute atomic E-state index is 0.114. The summed E-state index contributed by atoms with van der Waals surface area (Å²) in [7, 11) is 0. The molecule has 0 radical (unpaired) electrons. The molecule has 0 bridgehead atoms. The van der Waals surface area contributed by atoms with Crippen molar-refractivity contribution in [3.8, 4) is 5.75 Å². The first-order valence-electron chi connectivity index (χ1n) is 5.91. The molecule has 1 amide bonds. The number of nitrogens with one attached hydrogen (secondary N) is 1. The molecule has 1 aromatic carbocycles. The molecule has 1 N–H and O–H groups in total. The maximum absolute atomic E-state index is 11.5. The fourth-order valence-electron chi connectivity index (χ4n) is 1.43. The highest BCUT2D eigenvalue weighted by molar-refractivity contribution is 9.10. The number of ether oxygens (including phenoxy) is 1. The summed E-state index contributed by atoms with van der Waals surface area (Å²) in [5.41, 5.74) is 2.36. The Kier molecular flexibility index (Phi) is 4.95. The van der Waals surface area contributed by atoms with E-state index in [1.54, 1.807) is 12.1 Å². The number of carbonyl (C=O) groups is 1.